The molecular formula is C13H22N2S. The molecule has 3 unspecified atom stereocenters. The Morgan fingerprint density at radius 1 is 1.50 bits per heavy atom. The summed E-state index contributed by atoms with van der Waals surface area (Å²) in [6, 6.07) is 1.16. The van der Waals surface area contributed by atoms with Crippen molar-refractivity contribution in [2.45, 2.75) is 59.0 Å². The summed E-state index contributed by atoms with van der Waals surface area (Å²) in [5.41, 5.74) is 1.25. The van der Waals surface area contributed by atoms with Gasteiger partial charge in [-0.05, 0) is 39.5 Å². The van der Waals surface area contributed by atoms with Crippen molar-refractivity contribution < 1.29 is 0 Å². The van der Waals surface area contributed by atoms with Crippen molar-refractivity contribution in [3.8, 4) is 0 Å². The van der Waals surface area contributed by atoms with Crippen LogP contribution in [0.3, 0.4) is 0 Å². The lowest BCUT2D eigenvalue weighted by molar-refractivity contribution is 0.521. The van der Waals surface area contributed by atoms with Gasteiger partial charge in [0.05, 0.1) is 10.7 Å². The second-order valence-electron chi connectivity index (χ2n) is 4.95. The number of hydrogen-bond acceptors (Lipinski definition) is 3. The van der Waals surface area contributed by atoms with Gasteiger partial charge in [0, 0.05) is 17.0 Å². The molecular weight excluding hydrogens is 216 g/mol. The highest BCUT2D eigenvalue weighted by atomic mass is 32.1. The van der Waals surface area contributed by atoms with E-state index < -0.39 is 0 Å². The van der Waals surface area contributed by atoms with Gasteiger partial charge in [-0.15, -0.1) is 11.3 Å². The number of aryl methyl sites for hydroxylation is 2. The first kappa shape index (κ1) is 12.1. The molecule has 90 valence electrons. The highest BCUT2D eigenvalue weighted by Gasteiger charge is 2.37. The Morgan fingerprint density at radius 2 is 2.25 bits per heavy atom. The van der Waals surface area contributed by atoms with Crippen molar-refractivity contribution in [2.24, 2.45) is 5.92 Å². The van der Waals surface area contributed by atoms with Gasteiger partial charge >= 0.3 is 0 Å². The van der Waals surface area contributed by atoms with Gasteiger partial charge in [-0.1, -0.05) is 13.3 Å². The smallest absolute Gasteiger partial charge is 0.0900 e. The minimum absolute atomic E-state index is 0.414. The first-order chi connectivity index (χ1) is 7.61. The minimum atomic E-state index is 0.414. The zero-order valence-electron chi connectivity index (χ0n) is 10.7. The fourth-order valence-corrected chi connectivity index (χ4v) is 3.40. The van der Waals surface area contributed by atoms with Crippen LogP contribution in [-0.4, -0.2) is 11.0 Å². The van der Waals surface area contributed by atoms with Crippen LogP contribution in [0, 0.1) is 19.8 Å². The van der Waals surface area contributed by atoms with E-state index in [1.54, 1.807) is 11.3 Å². The Kier molecular flexibility index (Phi) is 3.65. The topological polar surface area (TPSA) is 24.9 Å². The summed E-state index contributed by atoms with van der Waals surface area (Å²) >= 11 is 1.80. The minimum Gasteiger partial charge on any atom is -0.306 e. The van der Waals surface area contributed by atoms with Crippen molar-refractivity contribution >= 4 is 11.3 Å². The van der Waals surface area contributed by atoms with E-state index in [-0.39, 0.29) is 0 Å². The van der Waals surface area contributed by atoms with Gasteiger partial charge in [0.25, 0.3) is 0 Å². The normalized spacial score (nSPS) is 25.8. The molecule has 2 nitrogen and oxygen atoms in total. The summed E-state index contributed by atoms with van der Waals surface area (Å²) in [5.74, 6) is 0.924. The molecule has 1 aromatic heterocycles. The molecule has 3 heteroatoms. The lowest BCUT2D eigenvalue weighted by Gasteiger charge is -2.12. The molecule has 1 aliphatic carbocycles. The first-order valence-corrected chi connectivity index (χ1v) is 7.13. The van der Waals surface area contributed by atoms with E-state index >= 15 is 0 Å². The van der Waals surface area contributed by atoms with Crippen LogP contribution < -0.4 is 5.32 Å². The molecule has 1 aromatic rings. The van der Waals surface area contributed by atoms with Crippen LogP contribution >= 0.6 is 11.3 Å². The number of rotatable bonds is 5. The third-order valence-corrected chi connectivity index (χ3v) is 4.30. The average molecular weight is 238 g/mol. The highest BCUT2D eigenvalue weighted by molar-refractivity contribution is 7.11. The summed E-state index contributed by atoms with van der Waals surface area (Å²) in [4.78, 5) is 5.98. The van der Waals surface area contributed by atoms with Crippen LogP contribution in [0.1, 0.15) is 54.7 Å². The van der Waals surface area contributed by atoms with Gasteiger partial charge in [0.1, 0.15) is 0 Å². The Bertz CT molecular complexity index is 359. The number of hydrogen-bond donors (Lipinski definition) is 1. The predicted octanol–water partition coefficient (Wildman–Crippen LogP) is 3.60. The van der Waals surface area contributed by atoms with E-state index in [1.165, 1.54) is 34.8 Å². The fourth-order valence-electron chi connectivity index (χ4n) is 2.49. The molecule has 0 amide bonds. The Labute approximate surface area is 102 Å². The maximum absolute atomic E-state index is 4.62. The Morgan fingerprint density at radius 3 is 2.81 bits per heavy atom. The summed E-state index contributed by atoms with van der Waals surface area (Å²) < 4.78 is 0. The van der Waals surface area contributed by atoms with Crippen molar-refractivity contribution in [1.29, 1.82) is 0 Å². The molecule has 1 fully saturated rings. The molecule has 1 heterocycles. The summed E-state index contributed by atoms with van der Waals surface area (Å²) in [5, 5.41) is 4.89. The van der Waals surface area contributed by atoms with E-state index in [4.69, 9.17) is 0 Å². The molecule has 0 aliphatic heterocycles. The van der Waals surface area contributed by atoms with Gasteiger partial charge in [0.15, 0.2) is 0 Å². The second-order valence-corrected chi connectivity index (χ2v) is 6.36. The van der Waals surface area contributed by atoms with Crippen molar-refractivity contribution in [3.63, 3.8) is 0 Å². The first-order valence-electron chi connectivity index (χ1n) is 6.31. The van der Waals surface area contributed by atoms with Crippen LogP contribution in [0.5, 0.6) is 0 Å². The maximum Gasteiger partial charge on any atom is 0.0900 e. The molecule has 2 rings (SSSR count). The van der Waals surface area contributed by atoms with E-state index in [2.05, 4.69) is 38.0 Å². The van der Waals surface area contributed by atoms with Crippen molar-refractivity contribution in [1.82, 2.24) is 10.3 Å². The van der Waals surface area contributed by atoms with E-state index in [0.29, 0.717) is 6.04 Å². The van der Waals surface area contributed by atoms with Gasteiger partial charge in [-0.3, -0.25) is 0 Å². The zero-order chi connectivity index (χ0) is 11.7. The van der Waals surface area contributed by atoms with Crippen LogP contribution in [0.25, 0.3) is 0 Å². The molecule has 16 heavy (non-hydrogen) atoms. The molecule has 1 saturated carbocycles. The number of nitrogens with zero attached hydrogens (tertiary/aromatic N) is 1. The van der Waals surface area contributed by atoms with E-state index in [1.807, 2.05) is 0 Å². The summed E-state index contributed by atoms with van der Waals surface area (Å²) in [6.07, 6.45) is 4.05. The Balaban J connectivity index is 1.89. The molecule has 0 saturated heterocycles. The number of aromatic nitrogens is 1. The molecule has 0 spiro atoms. The van der Waals surface area contributed by atoms with E-state index in [0.717, 1.165) is 12.0 Å². The predicted molar refractivity (Wildman–Crippen MR) is 69.9 cm³/mol. The van der Waals surface area contributed by atoms with Crippen LogP contribution in [0.15, 0.2) is 0 Å². The van der Waals surface area contributed by atoms with Crippen LogP contribution in [0.4, 0.5) is 0 Å². The van der Waals surface area contributed by atoms with Gasteiger partial charge in [-0.25, -0.2) is 4.98 Å². The molecule has 1 aliphatic rings. The van der Waals surface area contributed by atoms with Gasteiger partial charge < -0.3 is 5.32 Å². The number of nitrogens with one attached hydrogen (secondary N) is 1. The lowest BCUT2D eigenvalue weighted by atomic mass is 10.2. The van der Waals surface area contributed by atoms with Gasteiger partial charge in [-0.2, -0.15) is 0 Å². The molecule has 0 bridgehead atoms. The van der Waals surface area contributed by atoms with Crippen molar-refractivity contribution in [3.05, 3.63) is 15.6 Å². The lowest BCUT2D eigenvalue weighted by Crippen LogP contribution is -2.23. The van der Waals surface area contributed by atoms with Crippen molar-refractivity contribution in [2.75, 3.05) is 0 Å². The molecule has 1 N–H and O–H groups in total. The third kappa shape index (κ3) is 2.64. The highest BCUT2D eigenvalue weighted by Crippen LogP contribution is 2.36. The average Bonchev–Trinajstić information content (AvgIpc) is 2.83. The summed E-state index contributed by atoms with van der Waals surface area (Å²) in [7, 11) is 0. The SMILES string of the molecule is CCCC1CC1NC(C)c1nc(C)sc1C. The molecule has 0 aromatic carbocycles. The standard InChI is InChI=1S/C13H22N2S/c1-5-6-11-7-12(11)14-8(2)13-9(3)16-10(4)15-13/h8,11-12,14H,5-7H2,1-4H3. The summed E-state index contributed by atoms with van der Waals surface area (Å²) in [6.45, 7) is 8.77. The number of thiazole rings is 1. The fraction of sp³-hybridized carbons (Fsp3) is 0.769. The van der Waals surface area contributed by atoms with Gasteiger partial charge in [0.2, 0.25) is 0 Å². The zero-order valence-corrected chi connectivity index (χ0v) is 11.5. The Hall–Kier alpha value is -0.410. The quantitative estimate of drug-likeness (QED) is 0.848. The molecule has 3 atom stereocenters. The largest absolute Gasteiger partial charge is 0.306 e. The van der Waals surface area contributed by atoms with Crippen LogP contribution in [-0.2, 0) is 0 Å². The maximum atomic E-state index is 4.62. The monoisotopic (exact) mass is 238 g/mol. The third-order valence-electron chi connectivity index (χ3n) is 3.40. The van der Waals surface area contributed by atoms with Crippen LogP contribution in [0.2, 0.25) is 0 Å². The second kappa shape index (κ2) is 4.84. The molecule has 0 radical (unpaired) electrons. The van der Waals surface area contributed by atoms with E-state index in [9.17, 15) is 0 Å².